The lowest BCUT2D eigenvalue weighted by Gasteiger charge is -2.24. The number of imide groups is 1. The van der Waals surface area contributed by atoms with Crippen molar-refractivity contribution in [3.8, 4) is 11.8 Å². The van der Waals surface area contributed by atoms with Crippen molar-refractivity contribution in [1.29, 1.82) is 5.26 Å². The number of amides is 2. The summed E-state index contributed by atoms with van der Waals surface area (Å²) in [7, 11) is 0. The van der Waals surface area contributed by atoms with Gasteiger partial charge in [0.25, 0.3) is 5.91 Å². The van der Waals surface area contributed by atoms with Gasteiger partial charge in [0.1, 0.15) is 5.75 Å². The van der Waals surface area contributed by atoms with Crippen LogP contribution in [0.1, 0.15) is 30.5 Å². The Morgan fingerprint density at radius 3 is 2.50 bits per heavy atom. The summed E-state index contributed by atoms with van der Waals surface area (Å²) in [6.07, 6.45) is -5.84. The molecule has 0 saturated carbocycles. The van der Waals surface area contributed by atoms with Crippen molar-refractivity contribution in [2.75, 3.05) is 6.54 Å². The Kier molecular flexibility index (Phi) is 5.57. The second kappa shape index (κ2) is 7.82. The van der Waals surface area contributed by atoms with Crippen molar-refractivity contribution >= 4 is 11.8 Å². The maximum absolute atomic E-state index is 13.2. The third-order valence-corrected chi connectivity index (χ3v) is 4.94. The lowest BCUT2D eigenvalue weighted by Crippen LogP contribution is -2.38. The van der Waals surface area contributed by atoms with Gasteiger partial charge in [-0.25, -0.2) is 0 Å². The Morgan fingerprint density at radius 1 is 1.23 bits per heavy atom. The highest BCUT2D eigenvalue weighted by Crippen LogP contribution is 2.37. The molecule has 1 unspecified atom stereocenters. The molecule has 0 N–H and O–H groups in total. The van der Waals surface area contributed by atoms with E-state index in [1.807, 2.05) is 6.07 Å². The van der Waals surface area contributed by atoms with Crippen LogP contribution in [0, 0.1) is 16.7 Å². The number of likely N-dealkylation sites (tertiary alicyclic amines) is 1. The zero-order chi connectivity index (χ0) is 22.1. The van der Waals surface area contributed by atoms with E-state index >= 15 is 0 Å². The number of hydrogen-bond donors (Lipinski definition) is 0. The Morgan fingerprint density at radius 2 is 1.90 bits per heavy atom. The van der Waals surface area contributed by atoms with Crippen LogP contribution in [-0.4, -0.2) is 29.4 Å². The summed E-state index contributed by atoms with van der Waals surface area (Å²) >= 11 is 0. The molecule has 0 aliphatic carbocycles. The van der Waals surface area contributed by atoms with Gasteiger partial charge in [-0.1, -0.05) is 44.2 Å². The molecule has 1 aliphatic rings. The molecule has 0 spiro atoms. The molecule has 2 aromatic carbocycles. The third kappa shape index (κ3) is 4.30. The Balaban J connectivity index is 1.82. The number of ether oxygens (including phenoxy) is 1. The summed E-state index contributed by atoms with van der Waals surface area (Å²) in [6.45, 7) is 3.50. The number of hydrogen-bond acceptors (Lipinski definition) is 4. The minimum atomic E-state index is -4.74. The molecule has 156 valence electrons. The largest absolute Gasteiger partial charge is 0.480 e. The van der Waals surface area contributed by atoms with E-state index in [4.69, 9.17) is 10.00 Å². The van der Waals surface area contributed by atoms with E-state index in [0.717, 1.165) is 16.5 Å². The van der Waals surface area contributed by atoms with E-state index < -0.39 is 40.6 Å². The Hall–Kier alpha value is -3.34. The molecule has 3 rings (SSSR count). The molecular weight excluding hydrogens is 397 g/mol. The van der Waals surface area contributed by atoms with Crippen LogP contribution < -0.4 is 4.74 Å². The Labute approximate surface area is 171 Å². The SMILES string of the molecule is CC1(C)CN(C(=O)Cc2ccccc2)C(=O)C1Oc1ccc(C#N)c(C(F)(F)F)c1. The number of carbonyl (C=O) groups excluding carboxylic acids is 2. The first kappa shape index (κ1) is 21.4. The highest BCUT2D eigenvalue weighted by molar-refractivity contribution is 6.00. The van der Waals surface area contributed by atoms with Crippen molar-refractivity contribution < 1.29 is 27.5 Å². The minimum absolute atomic E-state index is 0.0322. The molecule has 1 saturated heterocycles. The molecule has 5 nitrogen and oxygen atoms in total. The first-order valence-electron chi connectivity index (χ1n) is 9.19. The number of halogens is 3. The molecule has 1 atom stereocenters. The molecule has 0 radical (unpaired) electrons. The second-order valence-electron chi connectivity index (χ2n) is 7.78. The lowest BCUT2D eigenvalue weighted by atomic mass is 9.89. The van der Waals surface area contributed by atoms with Gasteiger partial charge in [-0.05, 0) is 23.8 Å². The number of carbonyl (C=O) groups is 2. The molecule has 8 heteroatoms. The van der Waals surface area contributed by atoms with Crippen molar-refractivity contribution in [2.45, 2.75) is 32.5 Å². The zero-order valence-electron chi connectivity index (χ0n) is 16.4. The quantitative estimate of drug-likeness (QED) is 0.757. The van der Waals surface area contributed by atoms with Crippen molar-refractivity contribution in [3.05, 3.63) is 65.2 Å². The van der Waals surface area contributed by atoms with Crippen molar-refractivity contribution in [2.24, 2.45) is 5.41 Å². The van der Waals surface area contributed by atoms with Crippen LogP contribution in [0.5, 0.6) is 5.75 Å². The number of alkyl halides is 3. The predicted octanol–water partition coefficient (Wildman–Crippen LogP) is 3.96. The van der Waals surface area contributed by atoms with Crippen LogP contribution in [-0.2, 0) is 22.2 Å². The van der Waals surface area contributed by atoms with Gasteiger partial charge in [-0.3, -0.25) is 14.5 Å². The minimum Gasteiger partial charge on any atom is -0.480 e. The van der Waals surface area contributed by atoms with Gasteiger partial charge in [0, 0.05) is 12.0 Å². The summed E-state index contributed by atoms with van der Waals surface area (Å²) in [5.74, 6) is -1.19. The fourth-order valence-electron chi connectivity index (χ4n) is 3.40. The van der Waals surface area contributed by atoms with Crippen LogP contribution >= 0.6 is 0 Å². The summed E-state index contributed by atoms with van der Waals surface area (Å²) in [6, 6.07) is 13.3. The monoisotopic (exact) mass is 416 g/mol. The first-order chi connectivity index (χ1) is 14.0. The maximum atomic E-state index is 13.2. The van der Waals surface area contributed by atoms with Gasteiger partial charge < -0.3 is 4.74 Å². The third-order valence-electron chi connectivity index (χ3n) is 4.94. The number of rotatable bonds is 4. The van der Waals surface area contributed by atoms with Gasteiger partial charge in [-0.15, -0.1) is 0 Å². The van der Waals surface area contributed by atoms with Crippen LogP contribution in [0.3, 0.4) is 0 Å². The highest BCUT2D eigenvalue weighted by Gasteiger charge is 2.50. The summed E-state index contributed by atoms with van der Waals surface area (Å²) in [5, 5.41) is 8.91. The molecule has 1 fully saturated rings. The topological polar surface area (TPSA) is 70.4 Å². The molecule has 1 aliphatic heterocycles. The molecule has 1 heterocycles. The van der Waals surface area contributed by atoms with E-state index in [1.165, 1.54) is 12.1 Å². The zero-order valence-corrected chi connectivity index (χ0v) is 16.4. The Bertz CT molecular complexity index is 1010. The summed E-state index contributed by atoms with van der Waals surface area (Å²) in [4.78, 5) is 26.6. The molecule has 0 aromatic heterocycles. The van der Waals surface area contributed by atoms with Crippen LogP contribution in [0.15, 0.2) is 48.5 Å². The van der Waals surface area contributed by atoms with E-state index in [-0.39, 0.29) is 18.7 Å². The fraction of sp³-hybridized carbons (Fsp3) is 0.318. The van der Waals surface area contributed by atoms with Gasteiger partial charge in [-0.2, -0.15) is 18.4 Å². The molecule has 2 aromatic rings. The maximum Gasteiger partial charge on any atom is 0.417 e. The number of benzene rings is 2. The summed E-state index contributed by atoms with van der Waals surface area (Å²) in [5.41, 5.74) is -1.73. The van der Waals surface area contributed by atoms with Gasteiger partial charge in [0.05, 0.1) is 23.6 Å². The van der Waals surface area contributed by atoms with E-state index in [1.54, 1.807) is 38.1 Å². The molecular formula is C22H19F3N2O3. The molecule has 2 amide bonds. The average molecular weight is 416 g/mol. The highest BCUT2D eigenvalue weighted by atomic mass is 19.4. The van der Waals surface area contributed by atoms with Crippen molar-refractivity contribution in [3.63, 3.8) is 0 Å². The second-order valence-corrected chi connectivity index (χ2v) is 7.78. The van der Waals surface area contributed by atoms with Gasteiger partial charge in [0.15, 0.2) is 6.10 Å². The smallest absolute Gasteiger partial charge is 0.417 e. The normalized spacial score (nSPS) is 18.2. The fourth-order valence-corrected chi connectivity index (χ4v) is 3.40. The summed E-state index contributed by atoms with van der Waals surface area (Å²) < 4.78 is 45.2. The number of nitriles is 1. The lowest BCUT2D eigenvalue weighted by molar-refractivity contribution is -0.144. The predicted molar refractivity (Wildman–Crippen MR) is 101 cm³/mol. The van der Waals surface area contributed by atoms with Crippen LogP contribution in [0.25, 0.3) is 0 Å². The van der Waals surface area contributed by atoms with Gasteiger partial charge >= 0.3 is 6.18 Å². The number of nitrogens with zero attached hydrogens (tertiary/aromatic N) is 2. The molecule has 0 bridgehead atoms. The first-order valence-corrected chi connectivity index (χ1v) is 9.19. The average Bonchev–Trinajstić information content (AvgIpc) is 2.91. The van der Waals surface area contributed by atoms with Crippen molar-refractivity contribution in [1.82, 2.24) is 4.90 Å². The standard InChI is InChI=1S/C22H19F3N2O3/c1-21(2)13-27(18(28)10-14-6-4-3-5-7-14)20(29)19(21)30-16-9-8-15(12-26)17(11-16)22(23,24)25/h3-9,11,19H,10,13H2,1-2H3. The van der Waals surface area contributed by atoms with E-state index in [9.17, 15) is 22.8 Å². The molecule has 30 heavy (non-hydrogen) atoms. The van der Waals surface area contributed by atoms with Gasteiger partial charge in [0.2, 0.25) is 5.91 Å². The van der Waals surface area contributed by atoms with Crippen LogP contribution in [0.2, 0.25) is 0 Å². The van der Waals surface area contributed by atoms with Crippen LogP contribution in [0.4, 0.5) is 13.2 Å². The van der Waals surface area contributed by atoms with E-state index in [2.05, 4.69) is 0 Å². The van der Waals surface area contributed by atoms with E-state index in [0.29, 0.717) is 6.07 Å².